The lowest BCUT2D eigenvalue weighted by atomic mass is 10.2. The zero-order valence-corrected chi connectivity index (χ0v) is 12.7. The van der Waals surface area contributed by atoms with E-state index in [1.165, 1.54) is 11.8 Å². The number of carboxylic acids is 1. The zero-order valence-electron chi connectivity index (χ0n) is 11.9. The summed E-state index contributed by atoms with van der Waals surface area (Å²) in [5.74, 6) is 0.255. The van der Waals surface area contributed by atoms with Crippen molar-refractivity contribution < 1.29 is 14.7 Å². The summed E-state index contributed by atoms with van der Waals surface area (Å²) >= 11 is 1.36. The summed E-state index contributed by atoms with van der Waals surface area (Å²) in [5, 5.41) is 12.3. The van der Waals surface area contributed by atoms with Crippen LogP contribution in [0.5, 0.6) is 0 Å². The molecule has 0 spiro atoms. The maximum Gasteiger partial charge on any atom is 0.340 e. The van der Waals surface area contributed by atoms with Crippen molar-refractivity contribution in [3.63, 3.8) is 0 Å². The van der Waals surface area contributed by atoms with Gasteiger partial charge in [-0.05, 0) is 13.3 Å². The van der Waals surface area contributed by atoms with Gasteiger partial charge in [-0.15, -0.1) is 11.8 Å². The lowest BCUT2D eigenvalue weighted by Crippen LogP contribution is -2.17. The molecule has 0 radical (unpaired) electrons. The summed E-state index contributed by atoms with van der Waals surface area (Å²) < 4.78 is 0. The van der Waals surface area contributed by atoms with E-state index in [9.17, 15) is 14.7 Å². The molecule has 0 saturated heterocycles. The van der Waals surface area contributed by atoms with Gasteiger partial charge in [-0.25, -0.2) is 14.8 Å². The van der Waals surface area contributed by atoms with Crippen LogP contribution >= 0.6 is 11.8 Å². The Morgan fingerprint density at radius 3 is 2.60 bits per heavy atom. The Balaban J connectivity index is 2.79. The molecule has 0 aliphatic heterocycles. The lowest BCUT2D eigenvalue weighted by Gasteiger charge is -2.09. The summed E-state index contributed by atoms with van der Waals surface area (Å²) in [7, 11) is 1.60. The molecular formula is C13H19N3O3S. The predicted molar refractivity (Wildman–Crippen MR) is 77.1 cm³/mol. The van der Waals surface area contributed by atoms with Gasteiger partial charge in [-0.3, -0.25) is 4.79 Å². The van der Waals surface area contributed by atoms with Crippen LogP contribution in [0.1, 0.15) is 41.6 Å². The normalized spacial score (nSPS) is 10.3. The van der Waals surface area contributed by atoms with Crippen molar-refractivity contribution in [1.82, 2.24) is 15.3 Å². The van der Waals surface area contributed by atoms with Crippen LogP contribution in [0.25, 0.3) is 0 Å². The maximum absolute atomic E-state index is 11.3. The van der Waals surface area contributed by atoms with Gasteiger partial charge in [0.25, 0.3) is 0 Å². The quantitative estimate of drug-likeness (QED) is 0.452. The molecule has 1 rings (SSSR count). The molecule has 1 aromatic rings. The number of aryl methyl sites for hydroxylation is 2. The van der Waals surface area contributed by atoms with E-state index >= 15 is 0 Å². The predicted octanol–water partition coefficient (Wildman–Crippen LogP) is 1.66. The van der Waals surface area contributed by atoms with Crippen LogP contribution < -0.4 is 5.32 Å². The molecular weight excluding hydrogens is 278 g/mol. The summed E-state index contributed by atoms with van der Waals surface area (Å²) in [6.45, 7) is 3.61. The first-order valence-corrected chi connectivity index (χ1v) is 7.42. The third kappa shape index (κ3) is 4.48. The number of rotatable bonds is 7. The van der Waals surface area contributed by atoms with E-state index < -0.39 is 5.97 Å². The molecule has 0 fully saturated rings. The summed E-state index contributed by atoms with van der Waals surface area (Å²) in [6.07, 6.45) is 1.76. The smallest absolute Gasteiger partial charge is 0.340 e. The highest BCUT2D eigenvalue weighted by atomic mass is 32.2. The van der Waals surface area contributed by atoms with Crippen molar-refractivity contribution in [2.75, 3.05) is 12.8 Å². The zero-order chi connectivity index (χ0) is 15.1. The number of nitrogens with one attached hydrogen (secondary N) is 1. The van der Waals surface area contributed by atoms with Crippen LogP contribution in [0, 0.1) is 6.92 Å². The van der Waals surface area contributed by atoms with Gasteiger partial charge in [0.15, 0.2) is 0 Å². The molecule has 20 heavy (non-hydrogen) atoms. The number of carboxylic acid groups (broad SMARTS) is 1. The molecule has 7 heteroatoms. The minimum atomic E-state index is -1.01. The molecule has 1 aromatic heterocycles. The van der Waals surface area contributed by atoms with Crippen molar-refractivity contribution in [2.45, 2.75) is 38.1 Å². The molecule has 6 nitrogen and oxygen atoms in total. The Bertz CT molecular complexity index is 506. The second-order valence-electron chi connectivity index (χ2n) is 4.19. The molecule has 0 bridgehead atoms. The van der Waals surface area contributed by atoms with E-state index in [4.69, 9.17) is 0 Å². The van der Waals surface area contributed by atoms with Gasteiger partial charge in [0, 0.05) is 25.6 Å². The van der Waals surface area contributed by atoms with E-state index in [1.807, 2.05) is 6.92 Å². The van der Waals surface area contributed by atoms with Crippen LogP contribution in [0.3, 0.4) is 0 Å². The summed E-state index contributed by atoms with van der Waals surface area (Å²) in [4.78, 5) is 30.8. The van der Waals surface area contributed by atoms with Gasteiger partial charge in [-0.1, -0.05) is 6.92 Å². The number of amides is 1. The first kappa shape index (κ1) is 16.4. The number of thioether (sulfide) groups is 1. The SMILES string of the molecule is CCc1nc(C)c(C(=O)O)c(SCCCC(=O)NC)n1. The number of aromatic nitrogens is 2. The van der Waals surface area contributed by atoms with Crippen LogP contribution in [-0.2, 0) is 11.2 Å². The number of hydrogen-bond acceptors (Lipinski definition) is 5. The Morgan fingerprint density at radius 1 is 1.35 bits per heavy atom. The highest BCUT2D eigenvalue weighted by Crippen LogP contribution is 2.24. The molecule has 1 heterocycles. The van der Waals surface area contributed by atoms with Gasteiger partial charge in [0.2, 0.25) is 5.91 Å². The van der Waals surface area contributed by atoms with E-state index in [0.29, 0.717) is 41.6 Å². The molecule has 0 aliphatic rings. The molecule has 0 aromatic carbocycles. The summed E-state index contributed by atoms with van der Waals surface area (Å²) in [6, 6.07) is 0. The Labute approximate surface area is 122 Å². The fourth-order valence-corrected chi connectivity index (χ4v) is 2.67. The topological polar surface area (TPSA) is 92.2 Å². The number of carbonyl (C=O) groups excluding carboxylic acids is 1. The van der Waals surface area contributed by atoms with Gasteiger partial charge >= 0.3 is 5.97 Å². The van der Waals surface area contributed by atoms with Crippen LogP contribution in [-0.4, -0.2) is 39.8 Å². The molecule has 2 N–H and O–H groups in total. The highest BCUT2D eigenvalue weighted by Gasteiger charge is 2.17. The van der Waals surface area contributed by atoms with Gasteiger partial charge in [-0.2, -0.15) is 0 Å². The van der Waals surface area contributed by atoms with Crippen LogP contribution in [0.15, 0.2) is 5.03 Å². The van der Waals surface area contributed by atoms with Crippen LogP contribution in [0.2, 0.25) is 0 Å². The number of nitrogens with zero attached hydrogens (tertiary/aromatic N) is 2. The second-order valence-corrected chi connectivity index (χ2v) is 5.27. The molecule has 0 saturated carbocycles. The minimum absolute atomic E-state index is 0.0165. The first-order valence-electron chi connectivity index (χ1n) is 6.43. The molecule has 0 unspecified atom stereocenters. The highest BCUT2D eigenvalue weighted by molar-refractivity contribution is 7.99. The first-order chi connectivity index (χ1) is 9.49. The molecule has 0 aliphatic carbocycles. The van der Waals surface area contributed by atoms with Gasteiger partial charge in [0.05, 0.1) is 5.69 Å². The Morgan fingerprint density at radius 2 is 2.05 bits per heavy atom. The van der Waals surface area contributed by atoms with Crippen molar-refractivity contribution in [3.8, 4) is 0 Å². The molecule has 0 atom stereocenters. The monoisotopic (exact) mass is 297 g/mol. The Kier molecular flexibility index (Phi) is 6.44. The standard InChI is InChI=1S/C13H19N3O3S/c1-4-9-15-8(2)11(13(18)19)12(16-9)20-7-5-6-10(17)14-3/h4-7H2,1-3H3,(H,14,17)(H,18,19). The molecule has 110 valence electrons. The largest absolute Gasteiger partial charge is 0.478 e. The van der Waals surface area contributed by atoms with E-state index in [1.54, 1.807) is 14.0 Å². The van der Waals surface area contributed by atoms with Crippen molar-refractivity contribution in [3.05, 3.63) is 17.1 Å². The van der Waals surface area contributed by atoms with E-state index in [2.05, 4.69) is 15.3 Å². The van der Waals surface area contributed by atoms with E-state index in [0.717, 1.165) is 0 Å². The van der Waals surface area contributed by atoms with Crippen molar-refractivity contribution >= 4 is 23.6 Å². The van der Waals surface area contributed by atoms with Gasteiger partial charge < -0.3 is 10.4 Å². The van der Waals surface area contributed by atoms with E-state index in [-0.39, 0.29) is 11.5 Å². The second kappa shape index (κ2) is 7.84. The fraction of sp³-hybridized carbons (Fsp3) is 0.538. The average Bonchev–Trinajstić information content (AvgIpc) is 2.41. The van der Waals surface area contributed by atoms with Crippen molar-refractivity contribution in [1.29, 1.82) is 0 Å². The fourth-order valence-electron chi connectivity index (χ4n) is 1.64. The van der Waals surface area contributed by atoms with Crippen LogP contribution in [0.4, 0.5) is 0 Å². The molecule has 1 amide bonds. The van der Waals surface area contributed by atoms with Crippen molar-refractivity contribution in [2.24, 2.45) is 0 Å². The summed E-state index contributed by atoms with van der Waals surface area (Å²) in [5.41, 5.74) is 0.644. The van der Waals surface area contributed by atoms with Gasteiger partial charge in [0.1, 0.15) is 16.4 Å². The number of aromatic carboxylic acids is 1. The third-order valence-corrected chi connectivity index (χ3v) is 3.76. The number of hydrogen-bond donors (Lipinski definition) is 2. The third-order valence-electron chi connectivity index (χ3n) is 2.70. The minimum Gasteiger partial charge on any atom is -0.478 e. The number of carbonyl (C=O) groups is 2. The maximum atomic E-state index is 11.3. The lowest BCUT2D eigenvalue weighted by molar-refractivity contribution is -0.120. The average molecular weight is 297 g/mol. The Hall–Kier alpha value is -1.63.